The highest BCUT2D eigenvalue weighted by atomic mass is 32.2. The van der Waals surface area contributed by atoms with E-state index in [1.54, 1.807) is 32.0 Å². The van der Waals surface area contributed by atoms with Gasteiger partial charge in [-0.3, -0.25) is 0 Å². The molecule has 0 aliphatic carbocycles. The largest absolute Gasteiger partial charge is 0.573 e. The number of ether oxygens (including phenoxy) is 1. The van der Waals surface area contributed by atoms with Crippen LogP contribution in [0.25, 0.3) is 11.3 Å². The number of aromatic nitrogens is 2. The summed E-state index contributed by atoms with van der Waals surface area (Å²) in [5.74, 6) is 0.0884. The first-order valence-electron chi connectivity index (χ1n) is 9.68. The first-order valence-corrected chi connectivity index (χ1v) is 11.1. The molecule has 7 nitrogen and oxygen atoms in total. The number of rotatable bonds is 8. The lowest BCUT2D eigenvalue weighted by Crippen LogP contribution is -2.30. The average molecular weight is 466 g/mol. The van der Waals surface area contributed by atoms with Gasteiger partial charge in [-0.05, 0) is 36.4 Å². The fourth-order valence-corrected chi connectivity index (χ4v) is 4.44. The van der Waals surface area contributed by atoms with Gasteiger partial charge in [-0.15, -0.1) is 13.2 Å². The molecule has 0 fully saturated rings. The Morgan fingerprint density at radius 3 is 2.16 bits per heavy atom. The highest BCUT2D eigenvalue weighted by Crippen LogP contribution is 2.26. The average Bonchev–Trinajstić information content (AvgIpc) is 2.75. The van der Waals surface area contributed by atoms with Crippen molar-refractivity contribution in [3.8, 4) is 17.0 Å². The number of benzene rings is 2. The lowest BCUT2D eigenvalue weighted by Gasteiger charge is -2.18. The van der Waals surface area contributed by atoms with Crippen molar-refractivity contribution >= 4 is 21.5 Å². The summed E-state index contributed by atoms with van der Waals surface area (Å²) in [4.78, 5) is 8.51. The summed E-state index contributed by atoms with van der Waals surface area (Å²) in [6.45, 7) is 4.32. The van der Waals surface area contributed by atoms with Gasteiger partial charge in [-0.1, -0.05) is 26.0 Å². The van der Waals surface area contributed by atoms with Crippen LogP contribution in [0, 0.1) is 0 Å². The zero-order chi connectivity index (χ0) is 23.4. The third kappa shape index (κ3) is 5.74. The maximum absolute atomic E-state index is 12.6. The first-order chi connectivity index (χ1) is 15.1. The smallest absolute Gasteiger partial charge is 0.406 e. The van der Waals surface area contributed by atoms with Gasteiger partial charge in [0.15, 0.2) is 0 Å². The Hall–Kier alpha value is -3.18. The maximum Gasteiger partial charge on any atom is 0.573 e. The number of hydrogen-bond acceptors (Lipinski definition) is 6. The zero-order valence-corrected chi connectivity index (χ0v) is 18.1. The van der Waals surface area contributed by atoms with Crippen LogP contribution in [0.4, 0.5) is 24.7 Å². The topological polar surface area (TPSA) is 84.4 Å². The molecule has 1 heterocycles. The molecule has 3 aromatic rings. The van der Waals surface area contributed by atoms with Crippen LogP contribution in [0.2, 0.25) is 0 Å². The molecule has 0 unspecified atom stereocenters. The van der Waals surface area contributed by atoms with Crippen LogP contribution in [0.15, 0.2) is 65.8 Å². The first kappa shape index (κ1) is 23.5. The minimum Gasteiger partial charge on any atom is -0.406 e. The normalized spacial score (nSPS) is 12.1. The number of alkyl halides is 3. The maximum atomic E-state index is 12.6. The van der Waals surface area contributed by atoms with Crippen molar-refractivity contribution in [2.24, 2.45) is 0 Å². The highest BCUT2D eigenvalue weighted by molar-refractivity contribution is 7.89. The van der Waals surface area contributed by atoms with Crippen LogP contribution in [-0.4, -0.2) is 42.1 Å². The number of nitrogens with zero attached hydrogens (tertiary/aromatic N) is 3. The minimum absolute atomic E-state index is 0.193. The fraction of sp³-hybridized carbons (Fsp3) is 0.238. The Kier molecular flexibility index (Phi) is 6.99. The molecule has 0 amide bonds. The van der Waals surface area contributed by atoms with Crippen molar-refractivity contribution in [3.05, 3.63) is 60.9 Å². The number of sulfonamides is 1. The minimum atomic E-state index is -4.75. The summed E-state index contributed by atoms with van der Waals surface area (Å²) in [5, 5.41) is 2.98. The molecule has 0 radical (unpaired) electrons. The molecule has 0 atom stereocenters. The van der Waals surface area contributed by atoms with Crippen LogP contribution in [-0.2, 0) is 10.0 Å². The molecule has 1 N–H and O–H groups in total. The van der Waals surface area contributed by atoms with Gasteiger partial charge < -0.3 is 10.1 Å². The van der Waals surface area contributed by atoms with Crippen molar-refractivity contribution in [1.29, 1.82) is 0 Å². The van der Waals surface area contributed by atoms with Crippen molar-refractivity contribution in [2.75, 3.05) is 18.4 Å². The monoisotopic (exact) mass is 466 g/mol. The zero-order valence-electron chi connectivity index (χ0n) is 17.3. The Bertz CT molecular complexity index is 1150. The van der Waals surface area contributed by atoms with E-state index in [2.05, 4.69) is 20.0 Å². The molecule has 0 saturated carbocycles. The van der Waals surface area contributed by atoms with E-state index in [9.17, 15) is 21.6 Å². The molecular weight excluding hydrogens is 445 g/mol. The highest BCUT2D eigenvalue weighted by Gasteiger charge is 2.31. The van der Waals surface area contributed by atoms with Gasteiger partial charge in [0.25, 0.3) is 0 Å². The third-order valence-electron chi connectivity index (χ3n) is 4.52. The summed E-state index contributed by atoms with van der Waals surface area (Å²) in [5.41, 5.74) is 1.74. The van der Waals surface area contributed by atoms with E-state index in [0.717, 1.165) is 0 Å². The SMILES string of the molecule is CCN(CC)S(=O)(=O)c1ccc(-c2cc(Nc3ccc(OC(F)(F)F)cc3)ncn2)cc1. The van der Waals surface area contributed by atoms with Gasteiger partial charge in [0.2, 0.25) is 10.0 Å². The van der Waals surface area contributed by atoms with E-state index in [-0.39, 0.29) is 10.6 Å². The van der Waals surface area contributed by atoms with Crippen LogP contribution in [0.3, 0.4) is 0 Å². The van der Waals surface area contributed by atoms with E-state index in [1.807, 2.05) is 0 Å². The van der Waals surface area contributed by atoms with Crippen LogP contribution in [0.5, 0.6) is 5.75 Å². The molecule has 0 aliphatic heterocycles. The summed E-state index contributed by atoms with van der Waals surface area (Å²) >= 11 is 0. The predicted molar refractivity (Wildman–Crippen MR) is 114 cm³/mol. The van der Waals surface area contributed by atoms with Gasteiger partial charge in [0.05, 0.1) is 10.6 Å². The molecule has 0 aliphatic rings. The number of halogens is 3. The molecule has 0 saturated heterocycles. The summed E-state index contributed by atoms with van der Waals surface area (Å²) < 4.78 is 67.3. The summed E-state index contributed by atoms with van der Waals surface area (Å²) in [7, 11) is -3.56. The molecule has 2 aromatic carbocycles. The van der Waals surface area contributed by atoms with Gasteiger partial charge in [0, 0.05) is 30.4 Å². The van der Waals surface area contributed by atoms with E-state index in [0.29, 0.717) is 35.9 Å². The van der Waals surface area contributed by atoms with Gasteiger partial charge >= 0.3 is 6.36 Å². The second-order valence-electron chi connectivity index (χ2n) is 6.60. The molecule has 0 spiro atoms. The van der Waals surface area contributed by atoms with Crippen molar-refractivity contribution in [1.82, 2.24) is 14.3 Å². The van der Waals surface area contributed by atoms with E-state index in [1.165, 1.54) is 47.0 Å². The van der Waals surface area contributed by atoms with E-state index in [4.69, 9.17) is 0 Å². The molecular formula is C21H21F3N4O3S. The second kappa shape index (κ2) is 9.53. The molecule has 170 valence electrons. The quantitative estimate of drug-likeness (QED) is 0.513. The van der Waals surface area contributed by atoms with Gasteiger partial charge in [-0.2, -0.15) is 4.31 Å². The summed E-state index contributed by atoms with van der Waals surface area (Å²) in [6.07, 6.45) is -3.42. The van der Waals surface area contributed by atoms with Crippen molar-refractivity contribution in [3.63, 3.8) is 0 Å². The molecule has 1 aromatic heterocycles. The fourth-order valence-electron chi connectivity index (χ4n) is 2.98. The number of nitrogens with one attached hydrogen (secondary N) is 1. The number of hydrogen-bond donors (Lipinski definition) is 1. The van der Waals surface area contributed by atoms with Crippen LogP contribution < -0.4 is 10.1 Å². The Morgan fingerprint density at radius 1 is 0.969 bits per heavy atom. The van der Waals surface area contributed by atoms with Crippen LogP contribution in [0.1, 0.15) is 13.8 Å². The standard InChI is InChI=1S/C21H21F3N4O3S/c1-3-28(4-2)32(29,30)18-11-5-15(6-12-18)19-13-20(26-14-25-19)27-16-7-9-17(10-8-16)31-21(22,23)24/h5-14H,3-4H2,1-2H3,(H,25,26,27). The molecule has 32 heavy (non-hydrogen) atoms. The van der Waals surface area contributed by atoms with Crippen molar-refractivity contribution < 1.29 is 26.3 Å². The Morgan fingerprint density at radius 2 is 1.59 bits per heavy atom. The van der Waals surface area contributed by atoms with Crippen LogP contribution >= 0.6 is 0 Å². The number of anilines is 2. The van der Waals surface area contributed by atoms with E-state index >= 15 is 0 Å². The predicted octanol–water partition coefficient (Wildman–Crippen LogP) is 4.82. The lowest BCUT2D eigenvalue weighted by atomic mass is 10.1. The Labute approximate surface area is 183 Å². The van der Waals surface area contributed by atoms with Crippen molar-refractivity contribution in [2.45, 2.75) is 25.1 Å². The lowest BCUT2D eigenvalue weighted by molar-refractivity contribution is -0.274. The molecule has 3 rings (SSSR count). The Balaban J connectivity index is 1.76. The van der Waals surface area contributed by atoms with E-state index < -0.39 is 16.4 Å². The summed E-state index contributed by atoms with van der Waals surface area (Å²) in [6, 6.07) is 13.2. The third-order valence-corrected chi connectivity index (χ3v) is 6.58. The molecule has 11 heteroatoms. The van der Waals surface area contributed by atoms with Gasteiger partial charge in [0.1, 0.15) is 17.9 Å². The second-order valence-corrected chi connectivity index (χ2v) is 8.54. The van der Waals surface area contributed by atoms with Gasteiger partial charge in [-0.25, -0.2) is 18.4 Å². The molecule has 0 bridgehead atoms.